The number of ether oxygens (including phenoxy) is 1. The van der Waals surface area contributed by atoms with Crippen LogP contribution in [0.5, 0.6) is 0 Å². The van der Waals surface area contributed by atoms with Crippen molar-refractivity contribution in [1.29, 1.82) is 0 Å². The average molecular weight is 338 g/mol. The lowest BCUT2D eigenvalue weighted by molar-refractivity contribution is -0.128. The summed E-state index contributed by atoms with van der Waals surface area (Å²) in [5.41, 5.74) is 0.657. The zero-order valence-corrected chi connectivity index (χ0v) is 14.2. The summed E-state index contributed by atoms with van der Waals surface area (Å²) in [7, 11) is 0. The number of morpholine rings is 1. The number of aliphatic hydroxyl groups excluding tert-OH is 1. The van der Waals surface area contributed by atoms with E-state index in [0.29, 0.717) is 44.8 Å². The second-order valence-electron chi connectivity index (χ2n) is 6.14. The number of aliphatic hydroxyl groups is 1. The first-order valence-electron chi connectivity index (χ1n) is 8.61. The van der Waals surface area contributed by atoms with Crippen LogP contribution in [-0.4, -0.2) is 55.4 Å². The summed E-state index contributed by atoms with van der Waals surface area (Å²) >= 11 is 0. The lowest BCUT2D eigenvalue weighted by atomic mass is 10.0. The number of amides is 1. The first-order valence-corrected chi connectivity index (χ1v) is 8.61. The van der Waals surface area contributed by atoms with Gasteiger partial charge in [0.05, 0.1) is 13.2 Å². The van der Waals surface area contributed by atoms with Crippen LogP contribution >= 0.6 is 0 Å². The van der Waals surface area contributed by atoms with Gasteiger partial charge in [0, 0.05) is 26.2 Å². The van der Waals surface area contributed by atoms with Gasteiger partial charge in [0.1, 0.15) is 11.9 Å². The summed E-state index contributed by atoms with van der Waals surface area (Å²) in [5.74, 6) is -0.221. The highest BCUT2D eigenvalue weighted by atomic mass is 19.1. The van der Waals surface area contributed by atoms with Crippen molar-refractivity contribution in [2.45, 2.75) is 25.8 Å². The second kappa shape index (κ2) is 9.71. The summed E-state index contributed by atoms with van der Waals surface area (Å²) in [4.78, 5) is 14.8. The maximum Gasteiger partial charge on any atom is 0.241 e. The third-order valence-corrected chi connectivity index (χ3v) is 4.50. The fraction of sp³-hybridized carbons (Fsp3) is 0.611. The van der Waals surface area contributed by atoms with Gasteiger partial charge in [-0.05, 0) is 30.0 Å². The molecule has 0 aromatic heterocycles. The molecule has 1 aliphatic rings. The van der Waals surface area contributed by atoms with Gasteiger partial charge in [-0.15, -0.1) is 0 Å². The number of nitrogens with one attached hydrogen (secondary N) is 1. The lowest BCUT2D eigenvalue weighted by Crippen LogP contribution is -2.46. The van der Waals surface area contributed by atoms with Gasteiger partial charge in [-0.2, -0.15) is 0 Å². The third-order valence-electron chi connectivity index (χ3n) is 4.50. The zero-order valence-electron chi connectivity index (χ0n) is 14.2. The standard InChI is InChI=1S/C18H27FN2O3/c1-2-14(6-9-22)13-20-18(23)17(21-7-10-24-11-8-21)15-4-3-5-16(19)12-15/h3-5,12,14,17,22H,2,6-11,13H2,1H3,(H,20,23)/t14-,17-/m1/s1. The van der Waals surface area contributed by atoms with Crippen molar-refractivity contribution in [2.75, 3.05) is 39.5 Å². The molecule has 1 aromatic rings. The van der Waals surface area contributed by atoms with Gasteiger partial charge < -0.3 is 15.2 Å². The number of carbonyl (C=O) groups is 1. The molecule has 2 rings (SSSR count). The van der Waals surface area contributed by atoms with E-state index in [1.165, 1.54) is 12.1 Å². The fourth-order valence-corrected chi connectivity index (χ4v) is 3.02. The van der Waals surface area contributed by atoms with E-state index in [4.69, 9.17) is 9.84 Å². The van der Waals surface area contributed by atoms with Crippen molar-refractivity contribution in [3.8, 4) is 0 Å². The number of benzene rings is 1. The molecule has 5 nitrogen and oxygen atoms in total. The highest BCUT2D eigenvalue weighted by Crippen LogP contribution is 2.23. The normalized spacial score (nSPS) is 18.1. The van der Waals surface area contributed by atoms with E-state index in [1.54, 1.807) is 12.1 Å². The van der Waals surface area contributed by atoms with E-state index in [2.05, 4.69) is 5.32 Å². The van der Waals surface area contributed by atoms with Gasteiger partial charge in [-0.3, -0.25) is 9.69 Å². The van der Waals surface area contributed by atoms with E-state index in [-0.39, 0.29) is 24.2 Å². The Morgan fingerprint density at radius 3 is 2.79 bits per heavy atom. The molecule has 0 saturated carbocycles. The Hall–Kier alpha value is -1.50. The minimum absolute atomic E-state index is 0.116. The number of nitrogens with zero attached hydrogens (tertiary/aromatic N) is 1. The summed E-state index contributed by atoms with van der Waals surface area (Å²) in [6.45, 7) is 5.10. The number of hydrogen-bond donors (Lipinski definition) is 2. The number of rotatable bonds is 8. The van der Waals surface area contributed by atoms with Crippen molar-refractivity contribution < 1.29 is 19.0 Å². The molecule has 1 fully saturated rings. The molecule has 1 heterocycles. The van der Waals surface area contributed by atoms with Gasteiger partial charge in [0.15, 0.2) is 0 Å². The van der Waals surface area contributed by atoms with Crippen LogP contribution in [-0.2, 0) is 9.53 Å². The molecule has 2 atom stereocenters. The molecule has 0 radical (unpaired) electrons. The topological polar surface area (TPSA) is 61.8 Å². The van der Waals surface area contributed by atoms with Crippen LogP contribution in [0.15, 0.2) is 24.3 Å². The minimum Gasteiger partial charge on any atom is -0.396 e. The summed E-state index contributed by atoms with van der Waals surface area (Å²) < 4.78 is 19.0. The monoisotopic (exact) mass is 338 g/mol. The predicted molar refractivity (Wildman–Crippen MR) is 90.0 cm³/mol. The highest BCUT2D eigenvalue weighted by molar-refractivity contribution is 5.83. The molecular weight excluding hydrogens is 311 g/mol. The van der Waals surface area contributed by atoms with Crippen molar-refractivity contribution in [1.82, 2.24) is 10.2 Å². The molecule has 0 unspecified atom stereocenters. The van der Waals surface area contributed by atoms with Gasteiger partial charge >= 0.3 is 0 Å². The fourth-order valence-electron chi connectivity index (χ4n) is 3.02. The quantitative estimate of drug-likeness (QED) is 0.758. The molecule has 0 bridgehead atoms. The SMILES string of the molecule is CC[C@H](CCO)CNC(=O)[C@@H](c1cccc(F)c1)N1CCOCC1. The van der Waals surface area contributed by atoms with Crippen LogP contribution in [0.4, 0.5) is 4.39 Å². The molecule has 1 aliphatic heterocycles. The Kier molecular flexibility index (Phi) is 7.62. The van der Waals surface area contributed by atoms with Gasteiger partial charge in [-0.1, -0.05) is 25.5 Å². The maximum atomic E-state index is 13.6. The second-order valence-corrected chi connectivity index (χ2v) is 6.14. The number of carbonyl (C=O) groups excluding carboxylic acids is 1. The van der Waals surface area contributed by atoms with Gasteiger partial charge in [0.25, 0.3) is 0 Å². The molecule has 1 saturated heterocycles. The molecule has 1 aromatic carbocycles. The third kappa shape index (κ3) is 5.26. The summed E-state index contributed by atoms with van der Waals surface area (Å²) in [6.07, 6.45) is 1.56. The van der Waals surface area contributed by atoms with E-state index in [0.717, 1.165) is 6.42 Å². The Morgan fingerprint density at radius 2 is 2.17 bits per heavy atom. The molecule has 6 heteroatoms. The average Bonchev–Trinajstić information content (AvgIpc) is 2.60. The first-order chi connectivity index (χ1) is 11.7. The summed E-state index contributed by atoms with van der Waals surface area (Å²) in [5, 5.41) is 12.1. The van der Waals surface area contributed by atoms with Gasteiger partial charge in [0.2, 0.25) is 5.91 Å². The minimum atomic E-state index is -0.517. The Bertz CT molecular complexity index is 521. The molecule has 1 amide bonds. The Labute approximate surface area is 142 Å². The van der Waals surface area contributed by atoms with E-state index < -0.39 is 6.04 Å². The first kappa shape index (κ1) is 18.8. The van der Waals surface area contributed by atoms with Crippen molar-refractivity contribution in [3.63, 3.8) is 0 Å². The van der Waals surface area contributed by atoms with Crippen LogP contribution < -0.4 is 5.32 Å². The Morgan fingerprint density at radius 1 is 1.42 bits per heavy atom. The van der Waals surface area contributed by atoms with Crippen molar-refractivity contribution in [2.24, 2.45) is 5.92 Å². The Balaban J connectivity index is 2.11. The molecule has 0 spiro atoms. The number of hydrogen-bond acceptors (Lipinski definition) is 4. The smallest absolute Gasteiger partial charge is 0.241 e. The van der Waals surface area contributed by atoms with Crippen molar-refractivity contribution >= 4 is 5.91 Å². The molecule has 24 heavy (non-hydrogen) atoms. The highest BCUT2D eigenvalue weighted by Gasteiger charge is 2.29. The van der Waals surface area contributed by atoms with Crippen LogP contribution in [0.3, 0.4) is 0 Å². The largest absolute Gasteiger partial charge is 0.396 e. The van der Waals surface area contributed by atoms with Crippen LogP contribution in [0, 0.1) is 11.7 Å². The molecule has 134 valence electrons. The van der Waals surface area contributed by atoms with E-state index >= 15 is 0 Å². The molecular formula is C18H27FN2O3. The van der Waals surface area contributed by atoms with E-state index in [1.807, 2.05) is 11.8 Å². The lowest BCUT2D eigenvalue weighted by Gasteiger charge is -2.34. The van der Waals surface area contributed by atoms with Crippen LogP contribution in [0.2, 0.25) is 0 Å². The van der Waals surface area contributed by atoms with Crippen LogP contribution in [0.1, 0.15) is 31.4 Å². The predicted octanol–water partition coefficient (Wildman–Crippen LogP) is 1.72. The van der Waals surface area contributed by atoms with Gasteiger partial charge in [-0.25, -0.2) is 4.39 Å². The zero-order chi connectivity index (χ0) is 17.4. The van der Waals surface area contributed by atoms with Crippen LogP contribution in [0.25, 0.3) is 0 Å². The molecule has 0 aliphatic carbocycles. The van der Waals surface area contributed by atoms with Crippen molar-refractivity contribution in [3.05, 3.63) is 35.6 Å². The summed E-state index contributed by atoms with van der Waals surface area (Å²) in [6, 6.07) is 5.70. The maximum absolute atomic E-state index is 13.6. The molecule has 2 N–H and O–H groups in total. The number of halogens is 1. The van der Waals surface area contributed by atoms with E-state index in [9.17, 15) is 9.18 Å².